The standard InChI is InChI=1S/C24H18Cl2F7N3O4S/c25-13-6-10(7-14(26)17(13)27)22(24(31,32)33)8-16(35-40-22)18-11-2-1-3-12(11)20(41-18)39-21(38)34-15-4-5-36(19(15)37)9-23(28,29)30/h6-7,15H,1-5,8-9H2,(H,34,38). The molecule has 17 heteroatoms. The maximum Gasteiger partial charge on any atom is 0.435 e. The maximum atomic E-state index is 14.4. The zero-order valence-corrected chi connectivity index (χ0v) is 22.8. The highest BCUT2D eigenvalue weighted by Gasteiger charge is 2.63. The molecule has 222 valence electrons. The summed E-state index contributed by atoms with van der Waals surface area (Å²) in [5.74, 6) is -1.99. The van der Waals surface area contributed by atoms with Crippen molar-refractivity contribution in [2.24, 2.45) is 5.16 Å². The van der Waals surface area contributed by atoms with Crippen molar-refractivity contribution < 1.29 is 49.9 Å². The number of nitrogens with one attached hydrogen (secondary N) is 1. The number of ether oxygens (including phenoxy) is 1. The van der Waals surface area contributed by atoms with Crippen LogP contribution in [0, 0.1) is 5.82 Å². The second-order valence-corrected chi connectivity index (χ2v) is 11.5. The van der Waals surface area contributed by atoms with Gasteiger partial charge in [0.25, 0.3) is 5.60 Å². The van der Waals surface area contributed by atoms with Crippen LogP contribution < -0.4 is 10.1 Å². The zero-order chi connectivity index (χ0) is 29.9. The fourth-order valence-electron chi connectivity index (χ4n) is 5.07. The van der Waals surface area contributed by atoms with Gasteiger partial charge in [0.2, 0.25) is 5.91 Å². The molecule has 1 aliphatic carbocycles. The lowest BCUT2D eigenvalue weighted by Gasteiger charge is -2.29. The van der Waals surface area contributed by atoms with Gasteiger partial charge in [0.15, 0.2) is 10.9 Å². The lowest BCUT2D eigenvalue weighted by atomic mass is 9.87. The zero-order valence-electron chi connectivity index (χ0n) is 20.5. The van der Waals surface area contributed by atoms with E-state index in [9.17, 15) is 40.3 Å². The van der Waals surface area contributed by atoms with Crippen molar-refractivity contribution in [2.45, 2.75) is 56.1 Å². The number of thiophene rings is 1. The lowest BCUT2D eigenvalue weighted by molar-refractivity contribution is -0.275. The Balaban J connectivity index is 1.35. The Kier molecular flexibility index (Phi) is 7.60. The third-order valence-corrected chi connectivity index (χ3v) is 8.73. The van der Waals surface area contributed by atoms with Crippen molar-refractivity contribution in [1.82, 2.24) is 10.2 Å². The number of halogens is 9. The van der Waals surface area contributed by atoms with Crippen molar-refractivity contribution in [3.05, 3.63) is 49.6 Å². The Bertz CT molecular complexity index is 1420. The number of alkyl halides is 6. The number of carbonyl (C=O) groups excluding carboxylic acids is 2. The van der Waals surface area contributed by atoms with Crippen LogP contribution in [0.3, 0.4) is 0 Å². The van der Waals surface area contributed by atoms with Gasteiger partial charge in [-0.3, -0.25) is 4.79 Å². The number of likely N-dealkylation sites (tertiary alicyclic amines) is 1. The summed E-state index contributed by atoms with van der Waals surface area (Å²) < 4.78 is 101. The van der Waals surface area contributed by atoms with Gasteiger partial charge in [0.1, 0.15) is 18.3 Å². The van der Waals surface area contributed by atoms with Crippen LogP contribution in [0.4, 0.5) is 35.5 Å². The van der Waals surface area contributed by atoms with E-state index < -0.39 is 70.4 Å². The molecule has 0 bridgehead atoms. The summed E-state index contributed by atoms with van der Waals surface area (Å²) in [5.41, 5.74) is -2.48. The van der Waals surface area contributed by atoms with Gasteiger partial charge in [0, 0.05) is 17.7 Å². The summed E-state index contributed by atoms with van der Waals surface area (Å²) in [4.78, 5) is 30.7. The average molecular weight is 648 g/mol. The molecule has 2 unspecified atom stereocenters. The highest BCUT2D eigenvalue weighted by atomic mass is 35.5. The number of benzene rings is 1. The van der Waals surface area contributed by atoms with E-state index >= 15 is 0 Å². The van der Waals surface area contributed by atoms with Gasteiger partial charge in [-0.1, -0.05) is 39.7 Å². The van der Waals surface area contributed by atoms with Crippen LogP contribution in [-0.2, 0) is 28.1 Å². The second-order valence-electron chi connectivity index (χ2n) is 9.66. The van der Waals surface area contributed by atoms with Gasteiger partial charge in [-0.2, -0.15) is 26.3 Å². The van der Waals surface area contributed by atoms with Gasteiger partial charge in [0.05, 0.1) is 21.3 Å². The molecule has 0 radical (unpaired) electrons. The van der Waals surface area contributed by atoms with E-state index in [1.54, 1.807) is 0 Å². The number of hydrogen-bond donors (Lipinski definition) is 1. The summed E-state index contributed by atoms with van der Waals surface area (Å²) in [6, 6.07) is 0.325. The number of nitrogens with zero attached hydrogens (tertiary/aromatic N) is 2. The number of hydrogen-bond acceptors (Lipinski definition) is 6. The normalized spacial score (nSPS) is 22.6. The molecule has 1 fully saturated rings. The molecule has 1 saturated heterocycles. The first-order valence-corrected chi connectivity index (χ1v) is 13.6. The molecule has 2 amide bonds. The number of oxime groups is 1. The lowest BCUT2D eigenvalue weighted by Crippen LogP contribution is -2.44. The molecule has 3 heterocycles. The smallest absolute Gasteiger partial charge is 0.399 e. The molecule has 2 aliphatic heterocycles. The van der Waals surface area contributed by atoms with Gasteiger partial charge in [-0.25, -0.2) is 9.18 Å². The molecule has 1 N–H and O–H groups in total. The summed E-state index contributed by atoms with van der Waals surface area (Å²) >= 11 is 12.4. The van der Waals surface area contributed by atoms with E-state index in [0.29, 0.717) is 40.2 Å². The first-order valence-electron chi connectivity index (χ1n) is 12.1. The average Bonchev–Trinajstić information content (AvgIpc) is 3.64. The fourth-order valence-corrected chi connectivity index (χ4v) is 6.78. The number of fused-ring (bicyclic) bond motifs is 1. The molecular formula is C24H18Cl2F7N3O4S. The molecule has 1 aromatic heterocycles. The fraction of sp³-hybridized carbons (Fsp3) is 0.458. The predicted molar refractivity (Wildman–Crippen MR) is 133 cm³/mol. The van der Waals surface area contributed by atoms with Crippen molar-refractivity contribution in [3.63, 3.8) is 0 Å². The molecule has 0 spiro atoms. The Labute approximate surface area is 241 Å². The van der Waals surface area contributed by atoms with Gasteiger partial charge < -0.3 is 19.8 Å². The van der Waals surface area contributed by atoms with E-state index in [4.69, 9.17) is 32.8 Å². The number of carbonyl (C=O) groups is 2. The minimum Gasteiger partial charge on any atom is -0.399 e. The summed E-state index contributed by atoms with van der Waals surface area (Å²) in [5, 5.41) is 4.77. The minimum atomic E-state index is -5.02. The summed E-state index contributed by atoms with van der Waals surface area (Å²) in [6.45, 7) is -1.64. The van der Waals surface area contributed by atoms with Crippen LogP contribution in [0.1, 0.15) is 40.8 Å². The predicted octanol–water partition coefficient (Wildman–Crippen LogP) is 6.52. The first-order chi connectivity index (χ1) is 19.1. The molecule has 2 atom stereocenters. The molecule has 0 saturated carbocycles. The number of amides is 2. The second kappa shape index (κ2) is 10.5. The van der Waals surface area contributed by atoms with E-state index in [1.165, 1.54) is 0 Å². The molecule has 7 nitrogen and oxygen atoms in total. The van der Waals surface area contributed by atoms with Crippen LogP contribution in [0.5, 0.6) is 5.06 Å². The summed E-state index contributed by atoms with van der Waals surface area (Å²) in [6.07, 6.45) is -10.1. The SMILES string of the molecule is O=C(NC1CCN(CC(F)(F)F)C1=O)Oc1sc(C2=NOC(c3cc(Cl)c(F)c(Cl)c3)(C(F)(F)F)C2)c2c1CCC2. The minimum absolute atomic E-state index is 0.0527. The molecule has 2 aromatic rings. The summed E-state index contributed by atoms with van der Waals surface area (Å²) in [7, 11) is 0. The van der Waals surface area contributed by atoms with Crippen LogP contribution in [0.25, 0.3) is 0 Å². The van der Waals surface area contributed by atoms with Gasteiger partial charge >= 0.3 is 18.4 Å². The van der Waals surface area contributed by atoms with Gasteiger partial charge in [-0.05, 0) is 43.4 Å². The van der Waals surface area contributed by atoms with Crippen molar-refractivity contribution in [1.29, 1.82) is 0 Å². The third-order valence-electron chi connectivity index (χ3n) is 6.98. The van der Waals surface area contributed by atoms with E-state index in [-0.39, 0.29) is 23.7 Å². The Morgan fingerprint density at radius 1 is 1.17 bits per heavy atom. The molecule has 1 aromatic carbocycles. The Hall–Kier alpha value is -2.78. The first kappa shape index (κ1) is 29.7. The molecule has 3 aliphatic rings. The van der Waals surface area contributed by atoms with Crippen LogP contribution in [-0.4, -0.2) is 54.1 Å². The van der Waals surface area contributed by atoms with Crippen LogP contribution in [0.2, 0.25) is 10.0 Å². The molecule has 5 rings (SSSR count). The largest absolute Gasteiger partial charge is 0.435 e. The highest BCUT2D eigenvalue weighted by Crippen LogP contribution is 2.52. The van der Waals surface area contributed by atoms with E-state index in [0.717, 1.165) is 23.5 Å². The Morgan fingerprint density at radius 2 is 1.83 bits per heavy atom. The monoisotopic (exact) mass is 647 g/mol. The van der Waals surface area contributed by atoms with E-state index in [2.05, 4.69) is 10.5 Å². The highest BCUT2D eigenvalue weighted by molar-refractivity contribution is 7.16. The van der Waals surface area contributed by atoms with Crippen molar-refractivity contribution >= 4 is 52.3 Å². The van der Waals surface area contributed by atoms with Crippen LogP contribution >= 0.6 is 34.5 Å². The molecular weight excluding hydrogens is 630 g/mol. The van der Waals surface area contributed by atoms with Crippen LogP contribution in [0.15, 0.2) is 17.3 Å². The quantitative estimate of drug-likeness (QED) is 0.296. The van der Waals surface area contributed by atoms with E-state index in [1.807, 2.05) is 0 Å². The Morgan fingerprint density at radius 3 is 2.46 bits per heavy atom. The maximum absolute atomic E-state index is 14.4. The number of rotatable bonds is 5. The topological polar surface area (TPSA) is 80.2 Å². The van der Waals surface area contributed by atoms with Crippen molar-refractivity contribution in [2.75, 3.05) is 13.1 Å². The van der Waals surface area contributed by atoms with Crippen molar-refractivity contribution in [3.8, 4) is 5.06 Å². The third kappa shape index (κ3) is 5.55. The molecule has 41 heavy (non-hydrogen) atoms. The van der Waals surface area contributed by atoms with Gasteiger partial charge in [-0.15, -0.1) is 0 Å².